The third-order valence-corrected chi connectivity index (χ3v) is 3.65. The molecule has 0 saturated heterocycles. The molecule has 0 aliphatic carbocycles. The fourth-order valence-electron chi connectivity index (χ4n) is 2.23. The lowest BCUT2D eigenvalue weighted by Gasteiger charge is -2.27. The minimum Gasteiger partial charge on any atom is -0.383 e. The molecule has 1 aromatic rings. The van der Waals surface area contributed by atoms with Crippen molar-refractivity contribution in [1.82, 2.24) is 5.32 Å². The van der Waals surface area contributed by atoms with E-state index in [9.17, 15) is 0 Å². The second-order valence-corrected chi connectivity index (χ2v) is 5.26. The van der Waals surface area contributed by atoms with Gasteiger partial charge in [-0.25, -0.2) is 0 Å². The topological polar surface area (TPSA) is 24.5 Å². The highest BCUT2D eigenvalue weighted by molar-refractivity contribution is 6.33. The van der Waals surface area contributed by atoms with Crippen LogP contribution < -0.4 is 10.2 Å². The molecule has 4 heteroatoms. The molecule has 0 amide bonds. The highest BCUT2D eigenvalue weighted by atomic mass is 35.5. The van der Waals surface area contributed by atoms with Crippen LogP contribution in [-0.4, -0.2) is 33.4 Å². The zero-order valence-electron chi connectivity index (χ0n) is 12.9. The fraction of sp³-hybridized carbons (Fsp3) is 0.625. The van der Waals surface area contributed by atoms with Crippen LogP contribution in [0, 0.1) is 0 Å². The van der Waals surface area contributed by atoms with E-state index in [1.807, 2.05) is 12.1 Å². The molecule has 0 bridgehead atoms. The number of methoxy groups -OCH3 is 1. The van der Waals surface area contributed by atoms with Crippen LogP contribution in [0.25, 0.3) is 0 Å². The van der Waals surface area contributed by atoms with Crippen LogP contribution in [0.15, 0.2) is 18.2 Å². The summed E-state index contributed by atoms with van der Waals surface area (Å²) in [5, 5.41) is 4.24. The average Bonchev–Trinajstić information content (AvgIpc) is 2.46. The van der Waals surface area contributed by atoms with Crippen LogP contribution >= 0.6 is 11.6 Å². The SMILES string of the molecule is CCCCN(CC)c1c(Cl)cccc1CNCCOC. The molecule has 0 fully saturated rings. The maximum atomic E-state index is 6.43. The normalized spacial score (nSPS) is 10.8. The largest absolute Gasteiger partial charge is 0.383 e. The van der Waals surface area contributed by atoms with Gasteiger partial charge in [-0.05, 0) is 25.0 Å². The summed E-state index contributed by atoms with van der Waals surface area (Å²) in [6.07, 6.45) is 2.39. The van der Waals surface area contributed by atoms with Gasteiger partial charge in [-0.1, -0.05) is 37.1 Å². The molecule has 0 aromatic heterocycles. The molecule has 0 heterocycles. The lowest BCUT2D eigenvalue weighted by molar-refractivity contribution is 0.199. The van der Waals surface area contributed by atoms with Crippen molar-refractivity contribution < 1.29 is 4.74 Å². The Morgan fingerprint density at radius 3 is 2.75 bits per heavy atom. The summed E-state index contributed by atoms with van der Waals surface area (Å²) in [6, 6.07) is 6.15. The van der Waals surface area contributed by atoms with Gasteiger partial charge in [-0.15, -0.1) is 0 Å². The minimum absolute atomic E-state index is 0.725. The predicted octanol–water partition coefficient (Wildman–Crippen LogP) is 3.70. The van der Waals surface area contributed by atoms with Crippen molar-refractivity contribution in [2.24, 2.45) is 0 Å². The van der Waals surface area contributed by atoms with Crippen molar-refractivity contribution in [1.29, 1.82) is 0 Å². The van der Waals surface area contributed by atoms with Gasteiger partial charge in [-0.3, -0.25) is 0 Å². The summed E-state index contributed by atoms with van der Waals surface area (Å²) in [7, 11) is 1.72. The zero-order chi connectivity index (χ0) is 14.8. The van der Waals surface area contributed by atoms with Crippen molar-refractivity contribution in [3.05, 3.63) is 28.8 Å². The maximum absolute atomic E-state index is 6.43. The molecule has 114 valence electrons. The zero-order valence-corrected chi connectivity index (χ0v) is 13.7. The molecular weight excluding hydrogens is 272 g/mol. The van der Waals surface area contributed by atoms with Crippen LogP contribution in [0.4, 0.5) is 5.69 Å². The quantitative estimate of drug-likeness (QED) is 0.667. The van der Waals surface area contributed by atoms with Gasteiger partial charge in [0.2, 0.25) is 0 Å². The number of nitrogens with one attached hydrogen (secondary N) is 1. The van der Waals surface area contributed by atoms with E-state index in [0.717, 1.165) is 37.8 Å². The molecule has 1 N–H and O–H groups in total. The fourth-order valence-corrected chi connectivity index (χ4v) is 2.54. The van der Waals surface area contributed by atoms with Crippen molar-refractivity contribution in [3.8, 4) is 0 Å². The lowest BCUT2D eigenvalue weighted by atomic mass is 10.1. The number of ether oxygens (including phenoxy) is 1. The van der Waals surface area contributed by atoms with E-state index < -0.39 is 0 Å². The molecule has 0 aliphatic rings. The molecule has 0 saturated carbocycles. The molecular formula is C16H27ClN2O. The third kappa shape index (κ3) is 5.31. The third-order valence-electron chi connectivity index (χ3n) is 3.35. The second-order valence-electron chi connectivity index (χ2n) is 4.85. The monoisotopic (exact) mass is 298 g/mol. The van der Waals surface area contributed by atoms with E-state index in [-0.39, 0.29) is 0 Å². The Morgan fingerprint density at radius 1 is 1.30 bits per heavy atom. The number of nitrogens with zero attached hydrogens (tertiary/aromatic N) is 1. The van der Waals surface area contributed by atoms with Gasteiger partial charge >= 0.3 is 0 Å². The number of unbranched alkanes of at least 4 members (excludes halogenated alkanes) is 1. The Balaban J connectivity index is 2.80. The highest BCUT2D eigenvalue weighted by Crippen LogP contribution is 2.30. The Bertz CT molecular complexity index is 385. The molecule has 0 aliphatic heterocycles. The van der Waals surface area contributed by atoms with Gasteiger partial charge in [-0.2, -0.15) is 0 Å². The van der Waals surface area contributed by atoms with Crippen LogP contribution in [0.5, 0.6) is 0 Å². The number of rotatable bonds is 10. The van der Waals surface area contributed by atoms with Gasteiger partial charge in [0.05, 0.1) is 17.3 Å². The standard InChI is InChI=1S/C16H27ClN2O/c1-4-6-11-19(5-2)16-14(8-7-9-15(16)17)13-18-10-12-20-3/h7-9,18H,4-6,10-13H2,1-3H3. The van der Waals surface area contributed by atoms with Crippen molar-refractivity contribution >= 4 is 17.3 Å². The Morgan fingerprint density at radius 2 is 2.10 bits per heavy atom. The molecule has 1 rings (SSSR count). The van der Waals surface area contributed by atoms with Crippen LogP contribution in [-0.2, 0) is 11.3 Å². The van der Waals surface area contributed by atoms with Gasteiger partial charge in [0.1, 0.15) is 0 Å². The molecule has 0 spiro atoms. The van der Waals surface area contributed by atoms with E-state index in [2.05, 4.69) is 30.1 Å². The van der Waals surface area contributed by atoms with Crippen LogP contribution in [0.1, 0.15) is 32.3 Å². The number of hydrogen-bond donors (Lipinski definition) is 1. The summed E-state index contributed by atoms with van der Waals surface area (Å²) in [6.45, 7) is 8.83. The molecule has 0 atom stereocenters. The highest BCUT2D eigenvalue weighted by Gasteiger charge is 2.13. The molecule has 20 heavy (non-hydrogen) atoms. The number of halogens is 1. The summed E-state index contributed by atoms with van der Waals surface area (Å²) >= 11 is 6.43. The predicted molar refractivity (Wildman–Crippen MR) is 87.8 cm³/mol. The lowest BCUT2D eigenvalue weighted by Crippen LogP contribution is -2.27. The van der Waals surface area contributed by atoms with Crippen LogP contribution in [0.3, 0.4) is 0 Å². The van der Waals surface area contributed by atoms with E-state index >= 15 is 0 Å². The first-order chi connectivity index (χ1) is 9.74. The second kappa shape index (κ2) is 10.0. The van der Waals surface area contributed by atoms with Crippen LogP contribution in [0.2, 0.25) is 5.02 Å². The Hall–Kier alpha value is -0.770. The maximum Gasteiger partial charge on any atom is 0.0642 e. The number of hydrogen-bond acceptors (Lipinski definition) is 3. The number of benzene rings is 1. The Kier molecular flexibility index (Phi) is 8.67. The first kappa shape index (κ1) is 17.3. The summed E-state index contributed by atoms with van der Waals surface area (Å²) in [4.78, 5) is 2.37. The molecule has 3 nitrogen and oxygen atoms in total. The average molecular weight is 299 g/mol. The molecule has 0 unspecified atom stereocenters. The van der Waals surface area contributed by atoms with Gasteiger partial charge in [0.25, 0.3) is 0 Å². The number of anilines is 1. The first-order valence-corrected chi connectivity index (χ1v) is 7.84. The van der Waals surface area contributed by atoms with E-state index in [4.69, 9.17) is 16.3 Å². The van der Waals surface area contributed by atoms with E-state index in [1.165, 1.54) is 24.1 Å². The van der Waals surface area contributed by atoms with Crippen molar-refractivity contribution in [3.63, 3.8) is 0 Å². The summed E-state index contributed by atoms with van der Waals surface area (Å²) < 4.78 is 5.06. The summed E-state index contributed by atoms with van der Waals surface area (Å²) in [5.74, 6) is 0. The first-order valence-electron chi connectivity index (χ1n) is 7.46. The van der Waals surface area contributed by atoms with Crippen molar-refractivity contribution in [2.75, 3.05) is 38.3 Å². The van der Waals surface area contributed by atoms with Gasteiger partial charge in [0.15, 0.2) is 0 Å². The van der Waals surface area contributed by atoms with E-state index in [1.54, 1.807) is 7.11 Å². The number of para-hydroxylation sites is 1. The smallest absolute Gasteiger partial charge is 0.0642 e. The summed E-state index contributed by atoms with van der Waals surface area (Å²) in [5.41, 5.74) is 2.43. The Labute approximate surface area is 128 Å². The molecule has 1 aromatic carbocycles. The minimum atomic E-state index is 0.725. The van der Waals surface area contributed by atoms with Crippen molar-refractivity contribution in [2.45, 2.75) is 33.2 Å². The van der Waals surface area contributed by atoms with Gasteiger partial charge < -0.3 is 15.0 Å². The molecule has 0 radical (unpaired) electrons. The van der Waals surface area contributed by atoms with Gasteiger partial charge in [0, 0.05) is 33.3 Å². The van der Waals surface area contributed by atoms with E-state index in [0.29, 0.717) is 0 Å².